The van der Waals surface area contributed by atoms with Crippen LogP contribution in [0.5, 0.6) is 0 Å². The fourth-order valence-electron chi connectivity index (χ4n) is 2.02. The summed E-state index contributed by atoms with van der Waals surface area (Å²) in [5.41, 5.74) is 2.78. The summed E-state index contributed by atoms with van der Waals surface area (Å²) >= 11 is 15.5. The molecule has 0 bridgehead atoms. The number of thiophene rings is 1. The molecule has 7 heteroatoms. The van der Waals surface area contributed by atoms with E-state index in [1.54, 1.807) is 28.2 Å². The molecule has 0 unspecified atom stereocenters. The van der Waals surface area contributed by atoms with Crippen molar-refractivity contribution in [3.63, 3.8) is 0 Å². The van der Waals surface area contributed by atoms with Gasteiger partial charge in [0.25, 0.3) is 0 Å². The average Bonchev–Trinajstić information content (AvgIpc) is 3.20. The minimum Gasteiger partial charge on any atom is -0.253 e. The van der Waals surface area contributed by atoms with Crippen LogP contribution in [0.4, 0.5) is 0 Å². The van der Waals surface area contributed by atoms with Crippen LogP contribution in [0.25, 0.3) is 11.3 Å². The van der Waals surface area contributed by atoms with E-state index in [0.717, 1.165) is 21.6 Å². The van der Waals surface area contributed by atoms with Crippen LogP contribution in [-0.2, 0) is 0 Å². The van der Waals surface area contributed by atoms with Crippen molar-refractivity contribution in [2.75, 3.05) is 6.54 Å². The van der Waals surface area contributed by atoms with Crippen molar-refractivity contribution in [3.8, 4) is 11.3 Å². The molecule has 0 saturated carbocycles. The number of hydrogen-bond acceptors (Lipinski definition) is 4. The highest BCUT2D eigenvalue weighted by Crippen LogP contribution is 2.30. The Bertz CT molecular complexity index is 937. The van der Waals surface area contributed by atoms with Gasteiger partial charge < -0.3 is 0 Å². The van der Waals surface area contributed by atoms with Gasteiger partial charge in [-0.05, 0) is 35.0 Å². The van der Waals surface area contributed by atoms with Gasteiger partial charge in [-0.15, -0.1) is 17.9 Å². The summed E-state index contributed by atoms with van der Waals surface area (Å²) in [6.07, 6.45) is 3.56. The molecule has 3 aromatic rings. The fraction of sp³-hybridized carbons (Fsp3) is 0.0588. The highest BCUT2D eigenvalue weighted by atomic mass is 35.5. The van der Waals surface area contributed by atoms with Gasteiger partial charge in [0.05, 0.1) is 23.5 Å². The zero-order chi connectivity index (χ0) is 16.9. The van der Waals surface area contributed by atoms with Gasteiger partial charge >= 0.3 is 0 Å². The third kappa shape index (κ3) is 3.87. The van der Waals surface area contributed by atoms with Crippen molar-refractivity contribution >= 4 is 52.1 Å². The zero-order valence-corrected chi connectivity index (χ0v) is 15.7. The third-order valence-electron chi connectivity index (χ3n) is 3.11. The number of rotatable bonds is 5. The molecule has 2 heterocycles. The topological polar surface area (TPSA) is 29.6 Å². The van der Waals surface area contributed by atoms with Gasteiger partial charge in [-0.2, -0.15) is 16.4 Å². The molecule has 1 aromatic carbocycles. The minimum absolute atomic E-state index is 0.530. The van der Waals surface area contributed by atoms with Gasteiger partial charge in [-0.1, -0.05) is 29.3 Å². The summed E-state index contributed by atoms with van der Waals surface area (Å²) in [5.74, 6) is 0. The maximum Gasteiger partial charge on any atom is 0.206 e. The van der Waals surface area contributed by atoms with E-state index in [2.05, 4.69) is 16.7 Å². The lowest BCUT2D eigenvalue weighted by molar-refractivity contribution is 0.840. The van der Waals surface area contributed by atoms with Crippen molar-refractivity contribution in [3.05, 3.63) is 73.5 Å². The molecule has 0 amide bonds. The van der Waals surface area contributed by atoms with Gasteiger partial charge in [-0.3, -0.25) is 4.99 Å². The molecule has 122 valence electrons. The van der Waals surface area contributed by atoms with E-state index in [9.17, 15) is 0 Å². The second-order valence-electron chi connectivity index (χ2n) is 4.77. The van der Waals surface area contributed by atoms with Crippen LogP contribution in [0.15, 0.2) is 63.2 Å². The Balaban J connectivity index is 2.12. The first-order valence-electron chi connectivity index (χ1n) is 7.03. The summed E-state index contributed by atoms with van der Waals surface area (Å²) in [5, 5.41) is 11.8. The number of nitrogens with zero attached hydrogens (tertiary/aromatic N) is 3. The van der Waals surface area contributed by atoms with Crippen molar-refractivity contribution < 1.29 is 0 Å². The number of halogens is 2. The molecule has 0 N–H and O–H groups in total. The first-order chi connectivity index (χ1) is 11.7. The molecule has 0 atom stereocenters. The molecule has 0 aliphatic rings. The van der Waals surface area contributed by atoms with Crippen LogP contribution in [-0.4, -0.2) is 17.4 Å². The van der Waals surface area contributed by atoms with E-state index < -0.39 is 0 Å². The van der Waals surface area contributed by atoms with Gasteiger partial charge in [0.1, 0.15) is 0 Å². The zero-order valence-electron chi connectivity index (χ0n) is 12.5. The van der Waals surface area contributed by atoms with Gasteiger partial charge in [0, 0.05) is 21.5 Å². The van der Waals surface area contributed by atoms with Crippen LogP contribution < -0.4 is 4.80 Å². The quantitative estimate of drug-likeness (QED) is 0.401. The molecule has 0 aliphatic heterocycles. The molecule has 3 nitrogen and oxygen atoms in total. The second kappa shape index (κ2) is 7.94. The normalized spacial score (nSPS) is 12.2. The van der Waals surface area contributed by atoms with Crippen molar-refractivity contribution in [2.45, 2.75) is 0 Å². The monoisotopic (exact) mass is 393 g/mol. The van der Waals surface area contributed by atoms with Gasteiger partial charge in [0.15, 0.2) is 0 Å². The average molecular weight is 394 g/mol. The summed E-state index contributed by atoms with van der Waals surface area (Å²) in [6.45, 7) is 4.24. The Morgan fingerprint density at radius 1 is 1.21 bits per heavy atom. The van der Waals surface area contributed by atoms with E-state index in [1.165, 1.54) is 11.3 Å². The molecule has 0 aliphatic carbocycles. The number of thiazole rings is 1. The van der Waals surface area contributed by atoms with E-state index in [0.29, 0.717) is 16.6 Å². The standard InChI is InChI=1S/C17H13Cl2N3S2/c1-2-6-20-17-22(21-9-12-5-7-23-10-12)16(11-24-17)14-4-3-13(18)8-15(14)19/h2-5,7-11H,1,6H2/b20-17?,21-9+. The Morgan fingerprint density at radius 2 is 2.08 bits per heavy atom. The number of aromatic nitrogens is 1. The van der Waals surface area contributed by atoms with Crippen LogP contribution in [0, 0.1) is 0 Å². The van der Waals surface area contributed by atoms with Crippen LogP contribution in [0.1, 0.15) is 5.56 Å². The van der Waals surface area contributed by atoms with Crippen molar-refractivity contribution in [1.29, 1.82) is 0 Å². The lowest BCUT2D eigenvalue weighted by Gasteiger charge is -2.06. The summed E-state index contributed by atoms with van der Waals surface area (Å²) < 4.78 is 1.79. The molecule has 0 radical (unpaired) electrons. The summed E-state index contributed by atoms with van der Waals surface area (Å²) in [4.78, 5) is 5.28. The number of benzene rings is 1. The number of hydrogen-bond donors (Lipinski definition) is 0. The highest BCUT2D eigenvalue weighted by molar-refractivity contribution is 7.08. The first-order valence-corrected chi connectivity index (χ1v) is 9.61. The predicted molar refractivity (Wildman–Crippen MR) is 106 cm³/mol. The van der Waals surface area contributed by atoms with Gasteiger partial charge in [0.2, 0.25) is 4.80 Å². The summed E-state index contributed by atoms with van der Waals surface area (Å²) in [7, 11) is 0. The SMILES string of the molecule is C=CCN=c1scc(-c2ccc(Cl)cc2Cl)n1/N=C/c1ccsc1. The molecule has 24 heavy (non-hydrogen) atoms. The Kier molecular flexibility index (Phi) is 5.68. The van der Waals surface area contributed by atoms with Crippen LogP contribution in [0.3, 0.4) is 0 Å². The smallest absolute Gasteiger partial charge is 0.206 e. The fourth-order valence-corrected chi connectivity index (χ4v) is 3.97. The van der Waals surface area contributed by atoms with E-state index in [1.807, 2.05) is 40.6 Å². The molecule has 0 fully saturated rings. The highest BCUT2D eigenvalue weighted by Gasteiger charge is 2.11. The molecular formula is C17H13Cl2N3S2. The van der Waals surface area contributed by atoms with Crippen LogP contribution >= 0.6 is 45.9 Å². The maximum absolute atomic E-state index is 6.36. The lowest BCUT2D eigenvalue weighted by Crippen LogP contribution is -2.12. The molecular weight excluding hydrogens is 381 g/mol. The largest absolute Gasteiger partial charge is 0.253 e. The Hall–Kier alpha value is -1.66. The van der Waals surface area contributed by atoms with Crippen LogP contribution in [0.2, 0.25) is 10.0 Å². The van der Waals surface area contributed by atoms with E-state index >= 15 is 0 Å². The first kappa shape index (κ1) is 17.2. The Morgan fingerprint density at radius 3 is 2.79 bits per heavy atom. The molecule has 2 aromatic heterocycles. The minimum atomic E-state index is 0.530. The lowest BCUT2D eigenvalue weighted by atomic mass is 10.2. The second-order valence-corrected chi connectivity index (χ2v) is 7.23. The molecule has 3 rings (SSSR count). The van der Waals surface area contributed by atoms with Crippen molar-refractivity contribution in [2.24, 2.45) is 10.1 Å². The molecule has 0 saturated heterocycles. The van der Waals surface area contributed by atoms with E-state index in [4.69, 9.17) is 23.2 Å². The predicted octanol–water partition coefficient (Wildman–Crippen LogP) is 5.55. The van der Waals surface area contributed by atoms with Crippen molar-refractivity contribution in [1.82, 2.24) is 4.68 Å². The third-order valence-corrected chi connectivity index (χ3v) is 5.22. The maximum atomic E-state index is 6.36. The van der Waals surface area contributed by atoms with Gasteiger partial charge in [-0.25, -0.2) is 4.68 Å². The molecule has 0 spiro atoms. The Labute approximate surface area is 157 Å². The summed E-state index contributed by atoms with van der Waals surface area (Å²) in [6, 6.07) is 7.44. The van der Waals surface area contributed by atoms with E-state index in [-0.39, 0.29) is 0 Å².